The van der Waals surface area contributed by atoms with E-state index < -0.39 is 0 Å². The Morgan fingerprint density at radius 1 is 1.23 bits per heavy atom. The maximum Gasteiger partial charge on any atom is 0.258 e. The largest absolute Gasteiger partial charge is 0.324 e. The zero-order valence-electron chi connectivity index (χ0n) is 15.4. The zero-order chi connectivity index (χ0) is 18.8. The summed E-state index contributed by atoms with van der Waals surface area (Å²) in [4.78, 5) is 31.4. The molecule has 1 aromatic carbocycles. The van der Waals surface area contributed by atoms with E-state index in [1.165, 1.54) is 27.4 Å². The van der Waals surface area contributed by atoms with Crippen molar-refractivity contribution in [2.75, 3.05) is 18.9 Å². The minimum Gasteiger partial charge on any atom is -0.324 e. The van der Waals surface area contributed by atoms with Crippen molar-refractivity contribution < 1.29 is 4.79 Å². The van der Waals surface area contributed by atoms with Crippen molar-refractivity contribution in [3.8, 4) is 0 Å². The summed E-state index contributed by atoms with van der Waals surface area (Å²) < 4.78 is 1.52. The first kappa shape index (κ1) is 18.3. The molecule has 0 spiro atoms. The molecule has 3 rings (SSSR count). The summed E-state index contributed by atoms with van der Waals surface area (Å²) >= 11 is 1.42. The van der Waals surface area contributed by atoms with Crippen LogP contribution in [0.5, 0.6) is 0 Å². The van der Waals surface area contributed by atoms with Crippen LogP contribution < -0.4 is 10.9 Å². The Labute approximate surface area is 156 Å². The number of anilines is 1. The molecule has 26 heavy (non-hydrogen) atoms. The predicted octanol–water partition coefficient (Wildman–Crippen LogP) is 2.75. The van der Waals surface area contributed by atoms with Crippen LogP contribution in [0.4, 0.5) is 5.69 Å². The number of hydrogen-bond acceptors (Lipinski definition) is 5. The average molecular weight is 370 g/mol. The number of thiazole rings is 1. The molecule has 0 fully saturated rings. The van der Waals surface area contributed by atoms with Crippen LogP contribution in [0, 0.1) is 20.8 Å². The first-order chi connectivity index (χ1) is 12.3. The normalized spacial score (nSPS) is 11.3. The van der Waals surface area contributed by atoms with Crippen LogP contribution in [0.3, 0.4) is 0 Å². The summed E-state index contributed by atoms with van der Waals surface area (Å²) in [6.45, 7) is 6.68. The summed E-state index contributed by atoms with van der Waals surface area (Å²) in [5.74, 6) is -0.0866. The van der Waals surface area contributed by atoms with E-state index >= 15 is 0 Å². The number of likely N-dealkylation sites (N-methyl/N-ethyl adjacent to an activating group) is 1. The number of carbonyl (C=O) groups is 1. The lowest BCUT2D eigenvalue weighted by molar-refractivity contribution is -0.117. The molecule has 7 heteroatoms. The van der Waals surface area contributed by atoms with E-state index in [9.17, 15) is 9.59 Å². The van der Waals surface area contributed by atoms with Gasteiger partial charge in [0.2, 0.25) is 5.91 Å². The van der Waals surface area contributed by atoms with Gasteiger partial charge in [0.25, 0.3) is 5.56 Å². The highest BCUT2D eigenvalue weighted by atomic mass is 32.1. The first-order valence-electron chi connectivity index (χ1n) is 8.35. The lowest BCUT2D eigenvalue weighted by Crippen LogP contribution is -2.31. The third-order valence-corrected chi connectivity index (χ3v) is 4.90. The molecule has 0 aliphatic heterocycles. The number of amides is 1. The van der Waals surface area contributed by atoms with Gasteiger partial charge in [0.1, 0.15) is 0 Å². The fourth-order valence-corrected chi connectivity index (χ4v) is 3.84. The molecular weight excluding hydrogens is 348 g/mol. The van der Waals surface area contributed by atoms with Gasteiger partial charge >= 0.3 is 0 Å². The molecule has 0 bridgehead atoms. The van der Waals surface area contributed by atoms with Gasteiger partial charge in [-0.25, -0.2) is 4.98 Å². The minimum atomic E-state index is -0.102. The van der Waals surface area contributed by atoms with E-state index in [1.54, 1.807) is 6.20 Å². The molecule has 2 aromatic heterocycles. The monoisotopic (exact) mass is 370 g/mol. The summed E-state index contributed by atoms with van der Waals surface area (Å²) in [5.41, 5.74) is 4.71. The molecule has 0 aliphatic carbocycles. The Hall–Kier alpha value is -2.51. The van der Waals surface area contributed by atoms with Crippen LogP contribution in [0.1, 0.15) is 22.4 Å². The molecule has 3 aromatic rings. The summed E-state index contributed by atoms with van der Waals surface area (Å²) in [7, 11) is 1.84. The number of aromatic nitrogens is 2. The van der Waals surface area contributed by atoms with Crippen molar-refractivity contribution in [3.63, 3.8) is 0 Å². The second kappa shape index (κ2) is 7.39. The molecule has 0 atom stereocenters. The zero-order valence-corrected chi connectivity index (χ0v) is 16.2. The van der Waals surface area contributed by atoms with Gasteiger partial charge < -0.3 is 5.32 Å². The van der Waals surface area contributed by atoms with Crippen molar-refractivity contribution >= 4 is 27.9 Å². The fourth-order valence-electron chi connectivity index (χ4n) is 3.10. The molecule has 1 amide bonds. The lowest BCUT2D eigenvalue weighted by atomic mass is 10.1. The molecule has 6 nitrogen and oxygen atoms in total. The van der Waals surface area contributed by atoms with E-state index in [-0.39, 0.29) is 18.0 Å². The topological polar surface area (TPSA) is 66.7 Å². The van der Waals surface area contributed by atoms with Crippen LogP contribution in [0.25, 0.3) is 4.96 Å². The molecule has 1 N–H and O–H groups in total. The first-order valence-corrected chi connectivity index (χ1v) is 9.23. The Balaban J connectivity index is 1.66. The highest BCUT2D eigenvalue weighted by molar-refractivity contribution is 7.15. The number of benzene rings is 1. The lowest BCUT2D eigenvalue weighted by Gasteiger charge is -2.18. The van der Waals surface area contributed by atoms with Gasteiger partial charge in [-0.15, -0.1) is 11.3 Å². The van der Waals surface area contributed by atoms with Crippen LogP contribution in [-0.4, -0.2) is 33.8 Å². The summed E-state index contributed by atoms with van der Waals surface area (Å²) in [5, 5.41) is 4.82. The number of aryl methyl sites for hydroxylation is 3. The molecule has 0 saturated heterocycles. The van der Waals surface area contributed by atoms with Gasteiger partial charge in [-0.05, 0) is 38.9 Å². The minimum absolute atomic E-state index is 0.0866. The maximum absolute atomic E-state index is 12.4. The van der Waals surface area contributed by atoms with Crippen molar-refractivity contribution in [1.29, 1.82) is 0 Å². The van der Waals surface area contributed by atoms with E-state index in [0.29, 0.717) is 17.2 Å². The van der Waals surface area contributed by atoms with E-state index in [2.05, 4.69) is 22.4 Å². The van der Waals surface area contributed by atoms with Crippen LogP contribution in [-0.2, 0) is 11.3 Å². The highest BCUT2D eigenvalue weighted by Gasteiger charge is 2.12. The second-order valence-electron chi connectivity index (χ2n) is 6.64. The predicted molar refractivity (Wildman–Crippen MR) is 105 cm³/mol. The quantitative estimate of drug-likeness (QED) is 0.750. The Kier molecular flexibility index (Phi) is 5.20. The average Bonchev–Trinajstić information content (AvgIpc) is 2.99. The molecule has 0 aliphatic rings. The smallest absolute Gasteiger partial charge is 0.258 e. The summed E-state index contributed by atoms with van der Waals surface area (Å²) in [6, 6.07) is 5.63. The standard InChI is InChI=1S/C19H22N4O2S/c1-12-7-13(2)18(14(3)8-12)21-16(24)11-22(4)10-15-9-17(25)23-5-6-26-19(23)20-15/h5-9H,10-11H2,1-4H3,(H,21,24). The number of fused-ring (bicyclic) bond motifs is 1. The van der Waals surface area contributed by atoms with Gasteiger partial charge in [-0.2, -0.15) is 0 Å². The maximum atomic E-state index is 12.4. The molecule has 0 radical (unpaired) electrons. The third kappa shape index (κ3) is 4.00. The van der Waals surface area contributed by atoms with E-state index in [1.807, 2.05) is 38.1 Å². The van der Waals surface area contributed by atoms with Crippen molar-refractivity contribution in [2.24, 2.45) is 0 Å². The second-order valence-corrected chi connectivity index (χ2v) is 7.51. The molecule has 2 heterocycles. The number of hydrogen-bond donors (Lipinski definition) is 1. The van der Waals surface area contributed by atoms with Crippen LogP contribution in [0.2, 0.25) is 0 Å². The molecule has 136 valence electrons. The molecular formula is C19H22N4O2S. The van der Waals surface area contributed by atoms with Crippen LogP contribution in [0.15, 0.2) is 34.6 Å². The van der Waals surface area contributed by atoms with Crippen LogP contribution >= 0.6 is 11.3 Å². The molecule has 0 saturated carbocycles. The van der Waals surface area contributed by atoms with Gasteiger partial charge in [-0.1, -0.05) is 17.7 Å². The number of nitrogens with zero attached hydrogens (tertiary/aromatic N) is 3. The van der Waals surface area contributed by atoms with Crippen molar-refractivity contribution in [2.45, 2.75) is 27.3 Å². The Bertz CT molecular complexity index is 999. The fraction of sp³-hybridized carbons (Fsp3) is 0.316. The van der Waals surface area contributed by atoms with E-state index in [4.69, 9.17) is 0 Å². The van der Waals surface area contributed by atoms with Gasteiger partial charge in [-0.3, -0.25) is 18.9 Å². The SMILES string of the molecule is Cc1cc(C)c(NC(=O)CN(C)Cc2cc(=O)n3ccsc3n2)c(C)c1. The highest BCUT2D eigenvalue weighted by Crippen LogP contribution is 2.21. The number of nitrogens with one attached hydrogen (secondary N) is 1. The summed E-state index contributed by atoms with van der Waals surface area (Å²) in [6.07, 6.45) is 1.71. The molecule has 0 unspecified atom stereocenters. The van der Waals surface area contributed by atoms with Gasteiger partial charge in [0, 0.05) is 29.9 Å². The Morgan fingerprint density at radius 3 is 2.62 bits per heavy atom. The van der Waals surface area contributed by atoms with Gasteiger partial charge in [0.15, 0.2) is 4.96 Å². The number of carbonyl (C=O) groups excluding carboxylic acids is 1. The third-order valence-electron chi connectivity index (χ3n) is 4.14. The number of rotatable bonds is 5. The van der Waals surface area contributed by atoms with E-state index in [0.717, 1.165) is 16.8 Å². The van der Waals surface area contributed by atoms with Crippen molar-refractivity contribution in [1.82, 2.24) is 14.3 Å². The Morgan fingerprint density at radius 2 is 1.92 bits per heavy atom. The van der Waals surface area contributed by atoms with Gasteiger partial charge in [0.05, 0.1) is 12.2 Å². The van der Waals surface area contributed by atoms with Crippen molar-refractivity contribution in [3.05, 3.63) is 62.5 Å².